The Morgan fingerprint density at radius 3 is 2.29 bits per heavy atom. The van der Waals surface area contributed by atoms with Crippen LogP contribution >= 0.6 is 0 Å². The monoisotopic (exact) mass is 666 g/mol. The molecule has 15 nitrogen and oxygen atoms in total. The second-order valence-corrected chi connectivity index (χ2v) is 12.4. The first kappa shape index (κ1) is 36.1. The first-order valence-corrected chi connectivity index (χ1v) is 15.6. The second kappa shape index (κ2) is 15.4. The molecule has 1 fully saturated rings. The largest absolute Gasteiger partial charge is 0.468 e. The molecule has 0 bridgehead atoms. The lowest BCUT2D eigenvalue weighted by atomic mass is 9.95. The van der Waals surface area contributed by atoms with Crippen molar-refractivity contribution in [2.75, 3.05) is 19.1 Å². The molecule has 48 heavy (non-hydrogen) atoms. The lowest BCUT2D eigenvalue weighted by Gasteiger charge is -2.29. The molecular formula is C33H42N6O9. The summed E-state index contributed by atoms with van der Waals surface area (Å²) in [5, 5.41) is 14.8. The summed E-state index contributed by atoms with van der Waals surface area (Å²) in [7, 11) is 0. The van der Waals surface area contributed by atoms with Crippen LogP contribution in [0.3, 0.4) is 0 Å². The third-order valence-electron chi connectivity index (χ3n) is 7.48. The van der Waals surface area contributed by atoms with Crippen LogP contribution in [0, 0.1) is 23.2 Å². The van der Waals surface area contributed by atoms with Crippen molar-refractivity contribution in [3.63, 3.8) is 0 Å². The number of ether oxygens (including phenoxy) is 6. The van der Waals surface area contributed by atoms with E-state index in [-0.39, 0.29) is 25.1 Å². The molecule has 3 heterocycles. The predicted molar refractivity (Wildman–Crippen MR) is 170 cm³/mol. The van der Waals surface area contributed by atoms with Crippen molar-refractivity contribution in [1.29, 1.82) is 5.26 Å². The predicted octanol–water partition coefficient (Wildman–Crippen LogP) is 2.66. The number of nitrogens with zero attached hydrogens (tertiary/aromatic N) is 4. The molecule has 0 aliphatic carbocycles. The maximum atomic E-state index is 12.9. The number of nitriles is 1. The highest BCUT2D eigenvalue weighted by atomic mass is 16.7. The number of fused-ring (bicyclic) bond motifs is 1. The topological polar surface area (TPSA) is 213 Å². The number of nitrogen functional groups attached to an aromatic ring is 1. The van der Waals surface area contributed by atoms with Gasteiger partial charge in [0.2, 0.25) is 5.60 Å². The molecule has 4 N–H and O–H groups in total. The molecule has 1 aliphatic heterocycles. The summed E-state index contributed by atoms with van der Waals surface area (Å²) < 4.78 is 36.2. The smallest absolute Gasteiger partial charge is 0.323 e. The average Bonchev–Trinajstić information content (AvgIpc) is 3.60. The standard InChI is InChI=1S/C33H42N6O9/c1-18(2)30(40)46-27-26(24-11-12-25-29(36)37-16-38-39(24)25)48-33(14-34,28(27)47-31(41)19(3)4)15-43-17-44-22-9-7-21(8-10-22)13-23(35)32(42)45-20(5)6/h7-12,16,18-20,23,26-28H,13,15,17,35H2,1-6H3,(H2,36,37,38)/t23-,26-,27-,28-,33+/m0/s1. The Morgan fingerprint density at radius 2 is 1.67 bits per heavy atom. The number of nitrogens with two attached hydrogens (primary N) is 2. The van der Waals surface area contributed by atoms with Crippen molar-refractivity contribution in [3.8, 4) is 11.8 Å². The zero-order chi connectivity index (χ0) is 35.2. The zero-order valence-corrected chi connectivity index (χ0v) is 27.8. The quantitative estimate of drug-likeness (QED) is 0.110. The van der Waals surface area contributed by atoms with Crippen LogP contribution in [0.2, 0.25) is 0 Å². The van der Waals surface area contributed by atoms with Crippen molar-refractivity contribution >= 4 is 29.2 Å². The minimum atomic E-state index is -1.92. The Labute approximate surface area is 278 Å². The van der Waals surface area contributed by atoms with Crippen LogP contribution in [0.5, 0.6) is 5.75 Å². The molecule has 1 aromatic carbocycles. The SMILES string of the molecule is CC(C)OC(=O)[C@@H](N)Cc1ccc(OCOC[C@@]2(C#N)O[C@@H](c3ccc4c(N)ncnn34)[C@H](OC(=O)C(C)C)[C@@H]2OC(=O)C(C)C)cc1. The lowest BCUT2D eigenvalue weighted by molar-refractivity contribution is -0.175. The molecule has 0 radical (unpaired) electrons. The Morgan fingerprint density at radius 1 is 1.00 bits per heavy atom. The maximum Gasteiger partial charge on any atom is 0.323 e. The van der Waals surface area contributed by atoms with Crippen molar-refractivity contribution in [2.24, 2.45) is 17.6 Å². The first-order chi connectivity index (χ1) is 22.8. The molecule has 1 aliphatic rings. The summed E-state index contributed by atoms with van der Waals surface area (Å²) in [6, 6.07) is 11.5. The highest BCUT2D eigenvalue weighted by Gasteiger charge is 2.61. The minimum absolute atomic E-state index is 0.198. The van der Waals surface area contributed by atoms with Crippen LogP contribution in [0.25, 0.3) is 5.52 Å². The number of esters is 3. The third-order valence-corrected chi connectivity index (χ3v) is 7.48. The van der Waals surface area contributed by atoms with Crippen LogP contribution in [0.15, 0.2) is 42.7 Å². The number of hydrogen-bond acceptors (Lipinski definition) is 14. The van der Waals surface area contributed by atoms with E-state index in [4.69, 9.17) is 39.9 Å². The molecule has 15 heteroatoms. The van der Waals surface area contributed by atoms with Gasteiger partial charge in [-0.25, -0.2) is 9.50 Å². The molecular weight excluding hydrogens is 624 g/mol. The van der Waals surface area contributed by atoms with E-state index in [1.165, 1.54) is 10.8 Å². The van der Waals surface area contributed by atoms with E-state index in [0.717, 1.165) is 5.56 Å². The fourth-order valence-electron chi connectivity index (χ4n) is 4.94. The molecule has 258 valence electrons. The van der Waals surface area contributed by atoms with Gasteiger partial charge in [-0.2, -0.15) is 10.4 Å². The van der Waals surface area contributed by atoms with Gasteiger partial charge in [0.15, 0.2) is 24.8 Å². The van der Waals surface area contributed by atoms with E-state index in [1.54, 1.807) is 77.9 Å². The number of carbonyl (C=O) groups is 3. The Kier molecular flexibility index (Phi) is 11.6. The van der Waals surface area contributed by atoms with E-state index in [0.29, 0.717) is 17.0 Å². The van der Waals surface area contributed by atoms with Crippen molar-refractivity contribution < 1.29 is 42.8 Å². The summed E-state index contributed by atoms with van der Waals surface area (Å²) >= 11 is 0. The minimum Gasteiger partial charge on any atom is -0.468 e. The lowest BCUT2D eigenvalue weighted by Crippen LogP contribution is -2.50. The highest BCUT2D eigenvalue weighted by Crippen LogP contribution is 2.44. The van der Waals surface area contributed by atoms with Crippen molar-refractivity contribution in [1.82, 2.24) is 14.6 Å². The maximum absolute atomic E-state index is 12.9. The van der Waals surface area contributed by atoms with Crippen LogP contribution in [-0.2, 0) is 44.5 Å². The van der Waals surface area contributed by atoms with E-state index in [2.05, 4.69) is 16.2 Å². The van der Waals surface area contributed by atoms with E-state index in [9.17, 15) is 19.6 Å². The van der Waals surface area contributed by atoms with Gasteiger partial charge in [0.25, 0.3) is 0 Å². The van der Waals surface area contributed by atoms with E-state index < -0.39 is 66.3 Å². The number of benzene rings is 1. The van der Waals surface area contributed by atoms with Gasteiger partial charge >= 0.3 is 17.9 Å². The summed E-state index contributed by atoms with van der Waals surface area (Å²) in [6.07, 6.45) is -2.48. The van der Waals surface area contributed by atoms with Crippen molar-refractivity contribution in [3.05, 3.63) is 54.0 Å². The van der Waals surface area contributed by atoms with Gasteiger partial charge in [0, 0.05) is 0 Å². The number of rotatable bonds is 14. The Balaban J connectivity index is 1.54. The van der Waals surface area contributed by atoms with Crippen LogP contribution < -0.4 is 16.2 Å². The van der Waals surface area contributed by atoms with E-state index in [1.807, 2.05) is 0 Å². The number of anilines is 1. The van der Waals surface area contributed by atoms with Gasteiger partial charge < -0.3 is 39.9 Å². The fraction of sp³-hybridized carbons (Fsp3) is 0.515. The molecule has 0 unspecified atom stereocenters. The highest BCUT2D eigenvalue weighted by molar-refractivity contribution is 5.76. The summed E-state index contributed by atoms with van der Waals surface area (Å²) in [4.78, 5) is 41.9. The average molecular weight is 667 g/mol. The van der Waals surface area contributed by atoms with E-state index >= 15 is 0 Å². The number of aromatic nitrogens is 3. The molecule has 2 aromatic heterocycles. The molecule has 3 aromatic rings. The molecule has 1 saturated heterocycles. The summed E-state index contributed by atoms with van der Waals surface area (Å²) in [5.41, 5.74) is 11.7. The Hall–Kier alpha value is -4.78. The molecule has 5 atom stereocenters. The zero-order valence-electron chi connectivity index (χ0n) is 27.8. The van der Waals surface area contributed by atoms with Crippen LogP contribution in [0.4, 0.5) is 5.82 Å². The van der Waals surface area contributed by atoms with Crippen LogP contribution in [0.1, 0.15) is 58.9 Å². The summed E-state index contributed by atoms with van der Waals surface area (Å²) in [6.45, 7) is 9.36. The van der Waals surface area contributed by atoms with Gasteiger partial charge in [0.05, 0.1) is 30.2 Å². The third kappa shape index (κ3) is 8.19. The van der Waals surface area contributed by atoms with Crippen molar-refractivity contribution in [2.45, 2.75) is 84.0 Å². The molecule has 0 saturated carbocycles. The number of hydrogen-bond donors (Lipinski definition) is 2. The van der Waals surface area contributed by atoms with Gasteiger partial charge in [-0.15, -0.1) is 0 Å². The molecule has 0 amide bonds. The summed E-state index contributed by atoms with van der Waals surface area (Å²) in [5.74, 6) is -2.16. The Bertz CT molecular complexity index is 1630. The normalized spacial score (nSPS) is 21.3. The van der Waals surface area contributed by atoms with Crippen LogP contribution in [-0.4, -0.2) is 75.9 Å². The molecule has 0 spiro atoms. The van der Waals surface area contributed by atoms with Gasteiger partial charge in [-0.05, 0) is 50.1 Å². The van der Waals surface area contributed by atoms with Gasteiger partial charge in [-0.3, -0.25) is 14.4 Å². The fourth-order valence-corrected chi connectivity index (χ4v) is 4.94. The van der Waals surface area contributed by atoms with Gasteiger partial charge in [0.1, 0.15) is 35.8 Å². The second-order valence-electron chi connectivity index (χ2n) is 12.4. The first-order valence-electron chi connectivity index (χ1n) is 15.6. The van der Waals surface area contributed by atoms with Gasteiger partial charge in [-0.1, -0.05) is 39.8 Å². The number of carbonyl (C=O) groups excluding carboxylic acids is 3. The molecule has 4 rings (SSSR count).